The Morgan fingerprint density at radius 2 is 2.27 bits per heavy atom. The van der Waals surface area contributed by atoms with Crippen LogP contribution in [0.1, 0.15) is 0 Å². The van der Waals surface area contributed by atoms with Crippen LogP contribution in [-0.2, 0) is 4.57 Å². The molecule has 1 aromatic rings. The van der Waals surface area contributed by atoms with Crippen molar-refractivity contribution >= 4 is 37.8 Å². The van der Waals surface area contributed by atoms with Gasteiger partial charge in [-0.25, -0.2) is 9.55 Å². The first-order chi connectivity index (χ1) is 4.79. The molecule has 1 unspecified atom stereocenters. The molecule has 1 N–H and O–H groups in total. The third-order valence-electron chi connectivity index (χ3n) is 0.731. The van der Waals surface area contributed by atoms with E-state index in [1.165, 1.54) is 18.6 Å². The molecule has 0 saturated heterocycles. The van der Waals surface area contributed by atoms with Crippen LogP contribution in [0.5, 0.6) is 5.88 Å². The van der Waals surface area contributed by atoms with E-state index in [2.05, 4.69) is 14.5 Å². The summed E-state index contributed by atoms with van der Waals surface area (Å²) in [6.45, 7) is 0. The van der Waals surface area contributed by atoms with Crippen LogP contribution in [0.4, 0.5) is 0 Å². The Morgan fingerprint density at radius 3 is 2.73 bits per heavy atom. The number of rotatable bonds is 2. The molecule has 5 nitrogen and oxygen atoms in total. The van der Waals surface area contributed by atoms with Gasteiger partial charge in [0.1, 0.15) is 0 Å². The predicted octanol–water partition coefficient (Wildman–Crippen LogP) is -0.411. The van der Waals surface area contributed by atoms with E-state index in [1.54, 1.807) is 0 Å². The summed E-state index contributed by atoms with van der Waals surface area (Å²) >= 11 is 0. The second kappa shape index (κ2) is 5.69. The second-order valence-electron chi connectivity index (χ2n) is 1.41. The van der Waals surface area contributed by atoms with Crippen molar-refractivity contribution in [3.05, 3.63) is 18.6 Å². The van der Waals surface area contributed by atoms with E-state index in [0.29, 0.717) is 0 Å². The van der Waals surface area contributed by atoms with Crippen molar-refractivity contribution in [3.63, 3.8) is 0 Å². The number of nitrogens with zero attached hydrogens (tertiary/aromatic N) is 2. The molecule has 0 bridgehead atoms. The molecule has 0 fully saturated rings. The molecule has 0 saturated carbocycles. The van der Waals surface area contributed by atoms with Crippen molar-refractivity contribution in [1.29, 1.82) is 0 Å². The Hall–Kier alpha value is 0.0700. The molecule has 0 aliphatic rings. The zero-order valence-corrected chi connectivity index (χ0v) is 5.89. The number of hydrogen-bond donors (Lipinski definition) is 1. The van der Waals surface area contributed by atoms with E-state index >= 15 is 0 Å². The molecule has 56 valence electrons. The van der Waals surface area contributed by atoms with Gasteiger partial charge in [-0.15, -0.1) is 0 Å². The van der Waals surface area contributed by atoms with Gasteiger partial charge in [-0.1, -0.05) is 0 Å². The molecule has 0 aliphatic carbocycles. The van der Waals surface area contributed by atoms with E-state index in [4.69, 9.17) is 4.89 Å². The molecule has 0 aliphatic heterocycles. The molecule has 11 heavy (non-hydrogen) atoms. The van der Waals surface area contributed by atoms with E-state index < -0.39 is 8.25 Å². The van der Waals surface area contributed by atoms with Gasteiger partial charge in [-0.05, 0) is 0 Å². The maximum absolute atomic E-state index is 10.1. The summed E-state index contributed by atoms with van der Waals surface area (Å²) in [5, 5.41) is 0. The first kappa shape index (κ1) is 11.1. The second-order valence-corrected chi connectivity index (χ2v) is 2.15. The van der Waals surface area contributed by atoms with Crippen molar-refractivity contribution in [2.45, 2.75) is 0 Å². The van der Waals surface area contributed by atoms with Gasteiger partial charge >= 0.3 is 37.8 Å². The Morgan fingerprint density at radius 1 is 1.55 bits per heavy atom. The van der Waals surface area contributed by atoms with Crippen LogP contribution in [0.25, 0.3) is 0 Å². The fraction of sp³-hybridized carbons (Fsp3) is 0. The number of hydrogen-bond acceptors (Lipinski definition) is 4. The summed E-state index contributed by atoms with van der Waals surface area (Å²) in [5.41, 5.74) is 0. The van der Waals surface area contributed by atoms with E-state index in [0.717, 1.165) is 0 Å². The summed E-state index contributed by atoms with van der Waals surface area (Å²) in [6, 6.07) is 0. The average molecular weight is 184 g/mol. The molecule has 1 rings (SSSR count). The fourth-order valence-corrected chi connectivity index (χ4v) is 0.712. The summed E-state index contributed by atoms with van der Waals surface area (Å²) in [6.07, 6.45) is 4.08. The minimum absolute atomic E-state index is 0. The van der Waals surface area contributed by atoms with Gasteiger partial charge in [0, 0.05) is 12.4 Å². The Balaban J connectivity index is 0.000001000. The molecule has 0 amide bonds. The molecular formula is C4H6N2NaO3P. The van der Waals surface area contributed by atoms with E-state index in [9.17, 15) is 4.57 Å². The van der Waals surface area contributed by atoms with Crippen LogP contribution in [0.2, 0.25) is 0 Å². The van der Waals surface area contributed by atoms with Gasteiger partial charge < -0.3 is 9.42 Å². The first-order valence-electron chi connectivity index (χ1n) is 2.46. The molecule has 7 heteroatoms. The monoisotopic (exact) mass is 184 g/mol. The third-order valence-corrected chi connectivity index (χ3v) is 1.12. The van der Waals surface area contributed by atoms with Crippen LogP contribution >= 0.6 is 8.25 Å². The van der Waals surface area contributed by atoms with Gasteiger partial charge in [0.05, 0.1) is 6.20 Å². The van der Waals surface area contributed by atoms with Gasteiger partial charge in [-0.2, -0.15) is 0 Å². The van der Waals surface area contributed by atoms with Crippen molar-refractivity contribution in [3.8, 4) is 5.88 Å². The Bertz CT molecular complexity index is 232. The fourth-order valence-electron chi connectivity index (χ4n) is 0.428. The number of aromatic nitrogens is 2. The van der Waals surface area contributed by atoms with Crippen LogP contribution < -0.4 is 4.52 Å². The van der Waals surface area contributed by atoms with E-state index in [-0.39, 0.29) is 35.4 Å². The van der Waals surface area contributed by atoms with Crippen LogP contribution in [0.3, 0.4) is 0 Å². The summed E-state index contributed by atoms with van der Waals surface area (Å²) in [7, 11) is -2.94. The average Bonchev–Trinajstić information content (AvgIpc) is 1.88. The minimum atomic E-state index is -2.94. The van der Waals surface area contributed by atoms with Gasteiger partial charge in [0.25, 0.3) is 0 Å². The summed E-state index contributed by atoms with van der Waals surface area (Å²) < 4.78 is 14.4. The molecule has 0 radical (unpaired) electrons. The van der Waals surface area contributed by atoms with Crippen LogP contribution in [0.15, 0.2) is 18.6 Å². The molecule has 0 spiro atoms. The van der Waals surface area contributed by atoms with Gasteiger partial charge in [0.15, 0.2) is 0 Å². The standard InChI is InChI=1S/C4H5N2O3P.Na.H/c7-10(8)9-4-3-5-1-2-6-4;;/h1-3,10H,(H,7,8);;. The van der Waals surface area contributed by atoms with Gasteiger partial charge in [-0.3, -0.25) is 4.98 Å². The molecular weight excluding hydrogens is 178 g/mol. The summed E-state index contributed by atoms with van der Waals surface area (Å²) in [5.74, 6) is 0.0638. The Kier molecular flexibility index (Phi) is 5.72. The van der Waals surface area contributed by atoms with Crippen molar-refractivity contribution in [2.24, 2.45) is 0 Å². The topological polar surface area (TPSA) is 72.3 Å². The van der Waals surface area contributed by atoms with Crippen molar-refractivity contribution in [2.75, 3.05) is 0 Å². The zero-order valence-electron chi connectivity index (χ0n) is 4.89. The summed E-state index contributed by atoms with van der Waals surface area (Å²) in [4.78, 5) is 15.5. The SMILES string of the molecule is O=[PH](O)Oc1cnccn1.[NaH]. The molecule has 1 heterocycles. The zero-order chi connectivity index (χ0) is 7.40. The van der Waals surface area contributed by atoms with Crippen LogP contribution in [0, 0.1) is 0 Å². The normalized spacial score (nSPS) is 11.4. The van der Waals surface area contributed by atoms with Gasteiger partial charge in [0.2, 0.25) is 5.88 Å². The van der Waals surface area contributed by atoms with E-state index in [1.807, 2.05) is 0 Å². The third kappa shape index (κ3) is 4.50. The molecule has 0 aromatic carbocycles. The Labute approximate surface area is 86.1 Å². The quantitative estimate of drug-likeness (QED) is 0.499. The molecule has 1 atom stereocenters. The predicted molar refractivity (Wildman–Crippen MR) is 41.0 cm³/mol. The van der Waals surface area contributed by atoms with Crippen molar-refractivity contribution in [1.82, 2.24) is 9.97 Å². The maximum atomic E-state index is 10.1. The van der Waals surface area contributed by atoms with Crippen LogP contribution in [-0.4, -0.2) is 44.4 Å². The molecule has 1 aromatic heterocycles. The van der Waals surface area contributed by atoms with Crippen molar-refractivity contribution < 1.29 is 14.0 Å². The first-order valence-corrected chi connectivity index (χ1v) is 3.72.